The van der Waals surface area contributed by atoms with Crippen LogP contribution in [0.4, 0.5) is 0 Å². The molecular weight excluding hydrogens is 200 g/mol. The maximum atomic E-state index is 9.73. The van der Waals surface area contributed by atoms with Crippen LogP contribution in [-0.2, 0) is 6.54 Å². The molecule has 0 saturated carbocycles. The number of nitrogens with two attached hydrogens (primary N) is 1. The molecule has 16 heavy (non-hydrogen) atoms. The number of hydrogen-bond donors (Lipinski definition) is 2. The average molecular weight is 218 g/mol. The Kier molecular flexibility index (Phi) is 2.99. The maximum absolute atomic E-state index is 9.73. The molecule has 3 heteroatoms. The highest BCUT2D eigenvalue weighted by Crippen LogP contribution is 2.27. The van der Waals surface area contributed by atoms with Gasteiger partial charge in [-0.05, 0) is 25.5 Å². The minimum atomic E-state index is -0.441. The second kappa shape index (κ2) is 4.28. The third-order valence-electron chi connectivity index (χ3n) is 2.89. The van der Waals surface area contributed by atoms with Crippen LogP contribution in [0.3, 0.4) is 0 Å². The molecule has 3 nitrogen and oxygen atoms in total. The molecule has 1 aromatic heterocycles. The summed E-state index contributed by atoms with van der Waals surface area (Å²) in [5, 5.41) is 10.8. The minimum absolute atomic E-state index is 0.441. The number of rotatable bonds is 3. The van der Waals surface area contributed by atoms with E-state index in [1.807, 2.05) is 6.20 Å². The third kappa shape index (κ3) is 1.84. The molecule has 1 atom stereocenters. The highest BCUT2D eigenvalue weighted by atomic mass is 16.3. The van der Waals surface area contributed by atoms with Crippen molar-refractivity contribution in [3.63, 3.8) is 0 Å². The molecule has 3 N–H and O–H groups in total. The van der Waals surface area contributed by atoms with Gasteiger partial charge in [0.25, 0.3) is 0 Å². The lowest BCUT2D eigenvalue weighted by molar-refractivity contribution is 0.200. The number of nitrogens with zero attached hydrogens (tertiary/aromatic N) is 1. The monoisotopic (exact) mass is 218 g/mol. The normalized spacial score (nSPS) is 13.2. The van der Waals surface area contributed by atoms with Crippen molar-refractivity contribution in [3.8, 4) is 0 Å². The van der Waals surface area contributed by atoms with Crippen LogP contribution < -0.4 is 5.73 Å². The molecule has 2 rings (SSSR count). The Bertz CT molecular complexity index is 500. The summed E-state index contributed by atoms with van der Waals surface area (Å²) in [7, 11) is 0. The Hall–Kier alpha value is -1.32. The highest BCUT2D eigenvalue weighted by molar-refractivity contribution is 5.85. The number of aryl methyl sites for hydroxylation is 1. The van der Waals surface area contributed by atoms with Crippen molar-refractivity contribution in [2.75, 3.05) is 6.54 Å². The first-order valence-electron chi connectivity index (χ1n) is 5.61. The SMILES string of the molecule is Cc1ccc2c(C(C)O)cn(CCN)c2c1. The Labute approximate surface area is 95.5 Å². The molecule has 1 heterocycles. The molecule has 0 aliphatic rings. The Morgan fingerprint density at radius 1 is 1.44 bits per heavy atom. The van der Waals surface area contributed by atoms with Crippen molar-refractivity contribution in [3.05, 3.63) is 35.5 Å². The predicted octanol–water partition coefficient (Wildman–Crippen LogP) is 1.96. The van der Waals surface area contributed by atoms with E-state index in [4.69, 9.17) is 5.73 Å². The Morgan fingerprint density at radius 3 is 2.81 bits per heavy atom. The van der Waals surface area contributed by atoms with Crippen LogP contribution in [0.5, 0.6) is 0 Å². The van der Waals surface area contributed by atoms with Crippen LogP contribution in [0.1, 0.15) is 24.2 Å². The zero-order valence-electron chi connectivity index (χ0n) is 9.77. The molecule has 0 amide bonds. The maximum Gasteiger partial charge on any atom is 0.0782 e. The summed E-state index contributed by atoms with van der Waals surface area (Å²) in [6.45, 7) is 5.26. The highest BCUT2D eigenvalue weighted by Gasteiger charge is 2.11. The summed E-state index contributed by atoms with van der Waals surface area (Å²) >= 11 is 0. The minimum Gasteiger partial charge on any atom is -0.389 e. The van der Waals surface area contributed by atoms with Gasteiger partial charge < -0.3 is 15.4 Å². The summed E-state index contributed by atoms with van der Waals surface area (Å²) in [4.78, 5) is 0. The van der Waals surface area contributed by atoms with E-state index >= 15 is 0 Å². The predicted molar refractivity (Wildman–Crippen MR) is 66.4 cm³/mol. The first-order valence-corrected chi connectivity index (χ1v) is 5.61. The number of aliphatic hydroxyl groups is 1. The zero-order valence-corrected chi connectivity index (χ0v) is 9.77. The first kappa shape index (κ1) is 11.2. The fourth-order valence-electron chi connectivity index (χ4n) is 2.09. The molecule has 0 aliphatic carbocycles. The molecule has 0 fully saturated rings. The first-order chi connectivity index (χ1) is 7.63. The van der Waals surface area contributed by atoms with E-state index in [2.05, 4.69) is 29.7 Å². The zero-order chi connectivity index (χ0) is 11.7. The van der Waals surface area contributed by atoms with E-state index in [0.717, 1.165) is 23.0 Å². The molecule has 0 saturated heterocycles. The van der Waals surface area contributed by atoms with E-state index in [0.29, 0.717) is 6.54 Å². The standard InChI is InChI=1S/C13H18N2O/c1-9-3-4-11-12(10(2)16)8-15(6-5-14)13(11)7-9/h3-4,7-8,10,16H,5-6,14H2,1-2H3. The van der Waals surface area contributed by atoms with E-state index in [1.165, 1.54) is 5.56 Å². The second-order valence-corrected chi connectivity index (χ2v) is 4.26. The average Bonchev–Trinajstić information content (AvgIpc) is 2.58. The van der Waals surface area contributed by atoms with Crippen LogP contribution in [0.25, 0.3) is 10.9 Å². The molecule has 0 radical (unpaired) electrons. The van der Waals surface area contributed by atoms with Crippen molar-refractivity contribution in [1.82, 2.24) is 4.57 Å². The van der Waals surface area contributed by atoms with E-state index in [9.17, 15) is 5.11 Å². The van der Waals surface area contributed by atoms with Gasteiger partial charge in [-0.1, -0.05) is 12.1 Å². The third-order valence-corrected chi connectivity index (χ3v) is 2.89. The van der Waals surface area contributed by atoms with Crippen molar-refractivity contribution in [2.45, 2.75) is 26.5 Å². The lowest BCUT2D eigenvalue weighted by Crippen LogP contribution is -2.08. The van der Waals surface area contributed by atoms with E-state index in [1.54, 1.807) is 6.92 Å². The largest absolute Gasteiger partial charge is 0.389 e. The van der Waals surface area contributed by atoms with Gasteiger partial charge in [-0.3, -0.25) is 0 Å². The molecule has 0 aliphatic heterocycles. The molecule has 2 aromatic rings. The summed E-state index contributed by atoms with van der Waals surface area (Å²) < 4.78 is 2.12. The number of aromatic nitrogens is 1. The molecular formula is C13H18N2O. The Morgan fingerprint density at radius 2 is 2.19 bits per heavy atom. The number of hydrogen-bond acceptors (Lipinski definition) is 2. The lowest BCUT2D eigenvalue weighted by atomic mass is 10.1. The van der Waals surface area contributed by atoms with Crippen LogP contribution in [-0.4, -0.2) is 16.2 Å². The lowest BCUT2D eigenvalue weighted by Gasteiger charge is -2.02. The van der Waals surface area contributed by atoms with Gasteiger partial charge in [0.2, 0.25) is 0 Å². The summed E-state index contributed by atoms with van der Waals surface area (Å²) in [6.07, 6.45) is 1.56. The molecule has 86 valence electrons. The van der Waals surface area contributed by atoms with Gasteiger partial charge in [0, 0.05) is 35.8 Å². The van der Waals surface area contributed by atoms with Crippen molar-refractivity contribution in [1.29, 1.82) is 0 Å². The van der Waals surface area contributed by atoms with Crippen molar-refractivity contribution in [2.24, 2.45) is 5.73 Å². The fourth-order valence-corrected chi connectivity index (χ4v) is 2.09. The number of aliphatic hydroxyl groups excluding tert-OH is 1. The van der Waals surface area contributed by atoms with Gasteiger partial charge in [-0.2, -0.15) is 0 Å². The number of benzene rings is 1. The van der Waals surface area contributed by atoms with Crippen LogP contribution in [0.15, 0.2) is 24.4 Å². The van der Waals surface area contributed by atoms with Gasteiger partial charge in [0.05, 0.1) is 6.10 Å². The second-order valence-electron chi connectivity index (χ2n) is 4.26. The summed E-state index contributed by atoms with van der Waals surface area (Å²) in [5.74, 6) is 0. The summed E-state index contributed by atoms with van der Waals surface area (Å²) in [6, 6.07) is 6.28. The van der Waals surface area contributed by atoms with E-state index < -0.39 is 6.10 Å². The van der Waals surface area contributed by atoms with Gasteiger partial charge in [-0.25, -0.2) is 0 Å². The van der Waals surface area contributed by atoms with E-state index in [-0.39, 0.29) is 0 Å². The van der Waals surface area contributed by atoms with Crippen LogP contribution in [0, 0.1) is 6.92 Å². The quantitative estimate of drug-likeness (QED) is 0.827. The van der Waals surface area contributed by atoms with Crippen LogP contribution >= 0.6 is 0 Å². The van der Waals surface area contributed by atoms with Crippen molar-refractivity contribution >= 4 is 10.9 Å². The topological polar surface area (TPSA) is 51.2 Å². The fraction of sp³-hybridized carbons (Fsp3) is 0.385. The van der Waals surface area contributed by atoms with Gasteiger partial charge >= 0.3 is 0 Å². The van der Waals surface area contributed by atoms with Gasteiger partial charge in [0.1, 0.15) is 0 Å². The molecule has 0 spiro atoms. The van der Waals surface area contributed by atoms with Gasteiger partial charge in [-0.15, -0.1) is 0 Å². The van der Waals surface area contributed by atoms with Crippen molar-refractivity contribution < 1.29 is 5.11 Å². The Balaban J connectivity index is 2.66. The number of fused-ring (bicyclic) bond motifs is 1. The molecule has 1 aromatic carbocycles. The van der Waals surface area contributed by atoms with Gasteiger partial charge in [0.15, 0.2) is 0 Å². The molecule has 1 unspecified atom stereocenters. The smallest absolute Gasteiger partial charge is 0.0782 e. The van der Waals surface area contributed by atoms with Crippen LogP contribution in [0.2, 0.25) is 0 Å². The molecule has 0 bridgehead atoms. The summed E-state index contributed by atoms with van der Waals surface area (Å²) in [5.41, 5.74) is 8.94.